The van der Waals surface area contributed by atoms with Crippen molar-refractivity contribution in [1.82, 2.24) is 10.7 Å². The molecule has 0 unspecified atom stereocenters. The molecule has 0 aliphatic carbocycles. The largest absolute Gasteiger partial charge is 0.383 e. The van der Waals surface area contributed by atoms with Crippen LogP contribution in [0.25, 0.3) is 0 Å². The van der Waals surface area contributed by atoms with Crippen LogP contribution in [0.5, 0.6) is 0 Å². The molecule has 0 aromatic rings. The second-order valence-corrected chi connectivity index (χ2v) is 3.69. The number of hydrazine groups is 1. The van der Waals surface area contributed by atoms with Gasteiger partial charge in [0.1, 0.15) is 0 Å². The minimum absolute atomic E-state index is 0.287. The van der Waals surface area contributed by atoms with Crippen LogP contribution in [0.2, 0.25) is 0 Å². The SMILES string of the molecule is COCCNC(=NCC(C)(C)OC)NN. The monoisotopic (exact) mass is 218 g/mol. The van der Waals surface area contributed by atoms with Gasteiger partial charge in [0, 0.05) is 20.8 Å². The van der Waals surface area contributed by atoms with E-state index in [9.17, 15) is 0 Å². The van der Waals surface area contributed by atoms with Gasteiger partial charge in [-0.3, -0.25) is 5.43 Å². The fourth-order valence-corrected chi connectivity index (χ4v) is 0.758. The molecule has 0 saturated heterocycles. The molecule has 0 aliphatic heterocycles. The van der Waals surface area contributed by atoms with E-state index >= 15 is 0 Å². The Morgan fingerprint density at radius 3 is 2.53 bits per heavy atom. The van der Waals surface area contributed by atoms with E-state index in [1.807, 2.05) is 13.8 Å². The molecule has 4 N–H and O–H groups in total. The van der Waals surface area contributed by atoms with Gasteiger partial charge in [-0.25, -0.2) is 10.8 Å². The fraction of sp³-hybridized carbons (Fsp3) is 0.889. The summed E-state index contributed by atoms with van der Waals surface area (Å²) in [6.07, 6.45) is 0. The van der Waals surface area contributed by atoms with Crippen LogP contribution in [0.1, 0.15) is 13.8 Å². The lowest BCUT2D eigenvalue weighted by atomic mass is 10.1. The summed E-state index contributed by atoms with van der Waals surface area (Å²) in [5.41, 5.74) is 2.20. The Bertz CT molecular complexity index is 195. The molecular formula is C9H22N4O2. The molecule has 0 aliphatic rings. The van der Waals surface area contributed by atoms with E-state index < -0.39 is 0 Å². The zero-order chi connectivity index (χ0) is 11.7. The van der Waals surface area contributed by atoms with Gasteiger partial charge in [-0.2, -0.15) is 0 Å². The quantitative estimate of drug-likeness (QED) is 0.183. The minimum Gasteiger partial charge on any atom is -0.383 e. The highest BCUT2D eigenvalue weighted by atomic mass is 16.5. The molecule has 0 aromatic carbocycles. The summed E-state index contributed by atoms with van der Waals surface area (Å²) in [6, 6.07) is 0. The number of nitrogens with one attached hydrogen (secondary N) is 2. The van der Waals surface area contributed by atoms with Gasteiger partial charge in [0.15, 0.2) is 0 Å². The molecule has 0 heterocycles. The molecule has 90 valence electrons. The highest BCUT2D eigenvalue weighted by Gasteiger charge is 2.15. The Morgan fingerprint density at radius 2 is 2.07 bits per heavy atom. The second kappa shape index (κ2) is 7.44. The molecule has 15 heavy (non-hydrogen) atoms. The van der Waals surface area contributed by atoms with E-state index in [0.29, 0.717) is 25.7 Å². The molecule has 0 rings (SSSR count). The van der Waals surface area contributed by atoms with Crippen LogP contribution in [0.15, 0.2) is 4.99 Å². The molecule has 6 heteroatoms. The fourth-order valence-electron chi connectivity index (χ4n) is 0.758. The first kappa shape index (κ1) is 14.2. The van der Waals surface area contributed by atoms with Crippen LogP contribution in [-0.2, 0) is 9.47 Å². The maximum absolute atomic E-state index is 5.30. The maximum atomic E-state index is 5.30. The third kappa shape index (κ3) is 7.12. The van der Waals surface area contributed by atoms with Gasteiger partial charge in [0.25, 0.3) is 0 Å². The summed E-state index contributed by atoms with van der Waals surface area (Å²) in [5, 5.41) is 3.00. The lowest BCUT2D eigenvalue weighted by molar-refractivity contribution is 0.0310. The number of rotatable bonds is 6. The number of guanidine groups is 1. The topological polar surface area (TPSA) is 80.9 Å². The first-order valence-corrected chi connectivity index (χ1v) is 4.84. The van der Waals surface area contributed by atoms with Gasteiger partial charge in [-0.05, 0) is 13.8 Å². The van der Waals surface area contributed by atoms with E-state index in [0.717, 1.165) is 0 Å². The first-order chi connectivity index (χ1) is 7.05. The van der Waals surface area contributed by atoms with Crippen LogP contribution < -0.4 is 16.6 Å². The van der Waals surface area contributed by atoms with Crippen molar-refractivity contribution < 1.29 is 9.47 Å². The minimum atomic E-state index is -0.287. The zero-order valence-electron chi connectivity index (χ0n) is 9.96. The predicted octanol–water partition coefficient (Wildman–Crippen LogP) is -0.533. The van der Waals surface area contributed by atoms with Gasteiger partial charge >= 0.3 is 0 Å². The molecule has 0 aromatic heterocycles. The highest BCUT2D eigenvalue weighted by Crippen LogP contribution is 2.06. The Labute approximate surface area is 91.2 Å². The van der Waals surface area contributed by atoms with Crippen molar-refractivity contribution in [2.45, 2.75) is 19.4 Å². The van der Waals surface area contributed by atoms with E-state index in [-0.39, 0.29) is 5.60 Å². The normalized spacial score (nSPS) is 12.7. The van der Waals surface area contributed by atoms with Crippen LogP contribution in [0.4, 0.5) is 0 Å². The summed E-state index contributed by atoms with van der Waals surface area (Å²) in [5.74, 6) is 5.84. The smallest absolute Gasteiger partial charge is 0.205 e. The molecule has 0 fully saturated rings. The molecule has 0 bridgehead atoms. The van der Waals surface area contributed by atoms with Crippen LogP contribution in [0.3, 0.4) is 0 Å². The van der Waals surface area contributed by atoms with Crippen molar-refractivity contribution in [3.8, 4) is 0 Å². The summed E-state index contributed by atoms with van der Waals surface area (Å²) >= 11 is 0. The zero-order valence-corrected chi connectivity index (χ0v) is 9.96. The number of ether oxygens (including phenoxy) is 2. The van der Waals surface area contributed by atoms with Crippen molar-refractivity contribution in [1.29, 1.82) is 0 Å². The lowest BCUT2D eigenvalue weighted by Gasteiger charge is -2.20. The lowest BCUT2D eigenvalue weighted by Crippen LogP contribution is -2.43. The number of hydrogen-bond acceptors (Lipinski definition) is 4. The summed E-state index contributed by atoms with van der Waals surface area (Å²) in [7, 11) is 3.30. The van der Waals surface area contributed by atoms with Crippen LogP contribution in [-0.4, -0.2) is 45.5 Å². The third-order valence-corrected chi connectivity index (χ3v) is 1.91. The number of methoxy groups -OCH3 is 2. The first-order valence-electron chi connectivity index (χ1n) is 4.84. The van der Waals surface area contributed by atoms with Gasteiger partial charge < -0.3 is 14.8 Å². The molecular weight excluding hydrogens is 196 g/mol. The van der Waals surface area contributed by atoms with Crippen molar-refractivity contribution in [3.05, 3.63) is 0 Å². The molecule has 0 amide bonds. The summed E-state index contributed by atoms with van der Waals surface area (Å²) in [6.45, 7) is 5.71. The van der Waals surface area contributed by atoms with Gasteiger partial charge in [0.05, 0.1) is 18.8 Å². The van der Waals surface area contributed by atoms with Crippen molar-refractivity contribution in [2.75, 3.05) is 33.9 Å². The molecule has 0 atom stereocenters. The Hall–Kier alpha value is -0.850. The summed E-state index contributed by atoms with van der Waals surface area (Å²) in [4.78, 5) is 4.25. The molecule has 0 spiro atoms. The average Bonchev–Trinajstić information content (AvgIpc) is 2.23. The number of nitrogens with zero attached hydrogens (tertiary/aromatic N) is 1. The van der Waals surface area contributed by atoms with Gasteiger partial charge in [-0.1, -0.05) is 0 Å². The van der Waals surface area contributed by atoms with Gasteiger partial charge in [-0.15, -0.1) is 0 Å². The number of hydrogen-bond donors (Lipinski definition) is 3. The van der Waals surface area contributed by atoms with Crippen molar-refractivity contribution in [2.24, 2.45) is 10.8 Å². The average molecular weight is 218 g/mol. The maximum Gasteiger partial charge on any atom is 0.205 e. The van der Waals surface area contributed by atoms with Crippen molar-refractivity contribution in [3.63, 3.8) is 0 Å². The van der Waals surface area contributed by atoms with Gasteiger partial charge in [0.2, 0.25) is 5.96 Å². The number of aliphatic imine (C=N–C) groups is 1. The number of nitrogens with two attached hydrogens (primary N) is 1. The van der Waals surface area contributed by atoms with E-state index in [4.69, 9.17) is 15.3 Å². The molecule has 6 nitrogen and oxygen atoms in total. The van der Waals surface area contributed by atoms with Crippen LogP contribution >= 0.6 is 0 Å². The molecule has 0 saturated carbocycles. The highest BCUT2D eigenvalue weighted by molar-refractivity contribution is 5.79. The Morgan fingerprint density at radius 1 is 1.40 bits per heavy atom. The summed E-state index contributed by atoms with van der Waals surface area (Å²) < 4.78 is 10.1. The standard InChI is InChI=1S/C9H22N4O2/c1-9(2,15-4)7-12-8(13-10)11-5-6-14-3/h5-7,10H2,1-4H3,(H2,11,12,13). The van der Waals surface area contributed by atoms with Crippen LogP contribution in [0, 0.1) is 0 Å². The predicted molar refractivity (Wildman–Crippen MR) is 60.6 cm³/mol. The third-order valence-electron chi connectivity index (χ3n) is 1.91. The van der Waals surface area contributed by atoms with E-state index in [1.54, 1.807) is 14.2 Å². The van der Waals surface area contributed by atoms with E-state index in [1.165, 1.54) is 0 Å². The van der Waals surface area contributed by atoms with E-state index in [2.05, 4.69) is 15.7 Å². The molecule has 0 radical (unpaired) electrons. The van der Waals surface area contributed by atoms with Crippen molar-refractivity contribution >= 4 is 5.96 Å². The Kier molecular flexibility index (Phi) is 7.02. The Balaban J connectivity index is 3.99. The second-order valence-electron chi connectivity index (χ2n) is 3.69.